The van der Waals surface area contributed by atoms with Crippen molar-refractivity contribution in [3.63, 3.8) is 0 Å². The molecule has 0 unspecified atom stereocenters. The summed E-state index contributed by atoms with van der Waals surface area (Å²) in [6, 6.07) is 3.56. The van der Waals surface area contributed by atoms with E-state index < -0.39 is 10.0 Å². The Hall–Kier alpha value is -0.830. The number of anilines is 1. The Labute approximate surface area is 133 Å². The fourth-order valence-corrected chi connectivity index (χ4v) is 3.58. The minimum absolute atomic E-state index is 0.0553. The number of nitrogens with one attached hydrogen (secondary N) is 1. The molecule has 1 aromatic rings. The summed E-state index contributed by atoms with van der Waals surface area (Å²) in [5.41, 5.74) is 6.12. The van der Waals surface area contributed by atoms with E-state index in [0.29, 0.717) is 29.3 Å². The number of methoxy groups -OCH3 is 1. The molecule has 1 aliphatic rings. The maximum absolute atomic E-state index is 12.4. The summed E-state index contributed by atoms with van der Waals surface area (Å²) in [7, 11) is -0.213. The van der Waals surface area contributed by atoms with E-state index >= 15 is 0 Å². The van der Waals surface area contributed by atoms with Crippen molar-refractivity contribution in [2.24, 2.45) is 0 Å². The number of likely N-dealkylation sites (N-methyl/N-ethyl adjacent to an activating group) is 1. The van der Waals surface area contributed by atoms with E-state index in [1.807, 2.05) is 7.05 Å². The monoisotopic (exact) mass is 377 g/mol. The second-order valence-electron chi connectivity index (χ2n) is 5.13. The van der Waals surface area contributed by atoms with Crippen LogP contribution >= 0.6 is 15.9 Å². The lowest BCUT2D eigenvalue weighted by Crippen LogP contribution is -2.34. The molecule has 2 rings (SSSR count). The van der Waals surface area contributed by atoms with Crippen molar-refractivity contribution in [3.8, 4) is 5.75 Å². The number of sulfonamides is 1. The van der Waals surface area contributed by atoms with Crippen molar-refractivity contribution in [3.05, 3.63) is 16.6 Å². The van der Waals surface area contributed by atoms with Crippen LogP contribution in [0.4, 0.5) is 5.69 Å². The maximum Gasteiger partial charge on any atom is 0.244 e. The van der Waals surface area contributed by atoms with Gasteiger partial charge in [-0.3, -0.25) is 0 Å². The van der Waals surface area contributed by atoms with Gasteiger partial charge in [-0.1, -0.05) is 0 Å². The molecule has 0 radical (unpaired) electrons. The lowest BCUT2D eigenvalue weighted by atomic mass is 10.3. The summed E-state index contributed by atoms with van der Waals surface area (Å²) in [6.45, 7) is 1.03. The fourth-order valence-electron chi connectivity index (χ4n) is 2.05. The van der Waals surface area contributed by atoms with Crippen molar-refractivity contribution in [1.82, 2.24) is 9.62 Å². The summed E-state index contributed by atoms with van der Waals surface area (Å²) < 4.78 is 33.0. The summed E-state index contributed by atoms with van der Waals surface area (Å²) in [5, 5.41) is 0. The molecule has 3 N–H and O–H groups in total. The highest BCUT2D eigenvalue weighted by atomic mass is 79.9. The number of ether oxygens (including phenoxy) is 1. The van der Waals surface area contributed by atoms with Crippen LogP contribution in [0.25, 0.3) is 0 Å². The highest BCUT2D eigenvalue weighted by molar-refractivity contribution is 9.10. The molecule has 8 heteroatoms. The van der Waals surface area contributed by atoms with Crippen molar-refractivity contribution in [1.29, 1.82) is 0 Å². The van der Waals surface area contributed by atoms with Crippen molar-refractivity contribution < 1.29 is 13.2 Å². The molecule has 6 nitrogen and oxygen atoms in total. The third kappa shape index (κ3) is 4.09. The topological polar surface area (TPSA) is 84.7 Å². The SMILES string of the molecule is COc1cc(Br)c(N)cc1S(=O)(=O)NCCN(C)C1CC1. The number of hydrogen-bond acceptors (Lipinski definition) is 5. The molecule has 1 aromatic carbocycles. The number of nitrogen functional groups attached to an aromatic ring is 1. The molecule has 118 valence electrons. The van der Waals surface area contributed by atoms with Crippen LogP contribution in [0.1, 0.15) is 12.8 Å². The van der Waals surface area contributed by atoms with Crippen LogP contribution in [0.2, 0.25) is 0 Å². The Balaban J connectivity index is 2.09. The number of benzene rings is 1. The Morgan fingerprint density at radius 2 is 2.14 bits per heavy atom. The van der Waals surface area contributed by atoms with Crippen LogP contribution < -0.4 is 15.2 Å². The van der Waals surface area contributed by atoms with Gasteiger partial charge in [0.25, 0.3) is 0 Å². The average molecular weight is 378 g/mol. The second-order valence-corrected chi connectivity index (χ2v) is 7.72. The first-order valence-corrected chi connectivity index (χ1v) is 8.95. The molecule has 0 spiro atoms. The van der Waals surface area contributed by atoms with E-state index in [4.69, 9.17) is 10.5 Å². The van der Waals surface area contributed by atoms with Gasteiger partial charge in [-0.25, -0.2) is 13.1 Å². The lowest BCUT2D eigenvalue weighted by molar-refractivity contribution is 0.329. The van der Waals surface area contributed by atoms with Gasteiger partial charge in [-0.05, 0) is 48.0 Å². The van der Waals surface area contributed by atoms with E-state index in [0.717, 1.165) is 0 Å². The molecular formula is C13H20BrN3O3S. The molecule has 0 amide bonds. The third-order valence-corrected chi connectivity index (χ3v) is 5.67. The highest BCUT2D eigenvalue weighted by Crippen LogP contribution is 2.32. The predicted molar refractivity (Wildman–Crippen MR) is 85.9 cm³/mol. The van der Waals surface area contributed by atoms with Gasteiger partial charge in [-0.15, -0.1) is 0 Å². The van der Waals surface area contributed by atoms with Crippen molar-refractivity contribution in [2.45, 2.75) is 23.8 Å². The quantitative estimate of drug-likeness (QED) is 0.701. The lowest BCUT2D eigenvalue weighted by Gasteiger charge is -2.17. The van der Waals surface area contributed by atoms with Gasteiger partial charge in [0, 0.05) is 29.3 Å². The fraction of sp³-hybridized carbons (Fsp3) is 0.538. The molecule has 1 saturated carbocycles. The van der Waals surface area contributed by atoms with Crippen LogP contribution in [0.3, 0.4) is 0 Å². The van der Waals surface area contributed by atoms with E-state index in [9.17, 15) is 8.42 Å². The Morgan fingerprint density at radius 3 is 2.71 bits per heavy atom. The summed E-state index contributed by atoms with van der Waals surface area (Å²) in [5.74, 6) is 0.263. The van der Waals surface area contributed by atoms with Gasteiger partial charge < -0.3 is 15.4 Å². The van der Waals surface area contributed by atoms with Crippen molar-refractivity contribution >= 4 is 31.6 Å². The number of halogens is 1. The van der Waals surface area contributed by atoms with E-state index in [2.05, 4.69) is 25.6 Å². The molecular weight excluding hydrogens is 358 g/mol. The predicted octanol–water partition coefficient (Wildman–Crippen LogP) is 1.41. The standard InChI is InChI=1S/C13H20BrN3O3S/c1-17(9-3-4-9)6-5-16-21(18,19)13-8-11(15)10(14)7-12(13)20-2/h7-9,16H,3-6,15H2,1-2H3. The molecule has 21 heavy (non-hydrogen) atoms. The maximum atomic E-state index is 12.4. The van der Waals surface area contributed by atoms with Gasteiger partial charge in [0.15, 0.2) is 0 Å². The normalized spacial score (nSPS) is 15.4. The van der Waals surface area contributed by atoms with Crippen molar-refractivity contribution in [2.75, 3.05) is 33.0 Å². The van der Waals surface area contributed by atoms with Crippen LogP contribution in [0.15, 0.2) is 21.5 Å². The summed E-state index contributed by atoms with van der Waals surface area (Å²) >= 11 is 3.26. The van der Waals surface area contributed by atoms with E-state index in [-0.39, 0.29) is 10.6 Å². The van der Waals surface area contributed by atoms with Gasteiger partial charge in [-0.2, -0.15) is 0 Å². The van der Waals surface area contributed by atoms with Gasteiger partial charge in [0.05, 0.1) is 7.11 Å². The van der Waals surface area contributed by atoms with E-state index in [1.165, 1.54) is 26.0 Å². The zero-order chi connectivity index (χ0) is 15.6. The van der Waals surface area contributed by atoms with E-state index in [1.54, 1.807) is 6.07 Å². The molecule has 0 atom stereocenters. The largest absolute Gasteiger partial charge is 0.495 e. The first-order valence-electron chi connectivity index (χ1n) is 6.68. The van der Waals surface area contributed by atoms with Gasteiger partial charge >= 0.3 is 0 Å². The Morgan fingerprint density at radius 1 is 1.48 bits per heavy atom. The smallest absolute Gasteiger partial charge is 0.244 e. The van der Waals surface area contributed by atoms with Crippen LogP contribution in [-0.4, -0.2) is 46.6 Å². The van der Waals surface area contributed by atoms with Crippen LogP contribution in [0, 0.1) is 0 Å². The molecule has 1 fully saturated rings. The zero-order valence-corrected chi connectivity index (χ0v) is 14.5. The highest BCUT2D eigenvalue weighted by Gasteiger charge is 2.26. The molecule has 0 heterocycles. The summed E-state index contributed by atoms with van der Waals surface area (Å²) in [6.07, 6.45) is 2.39. The summed E-state index contributed by atoms with van der Waals surface area (Å²) in [4.78, 5) is 2.22. The van der Waals surface area contributed by atoms with Crippen LogP contribution in [-0.2, 0) is 10.0 Å². The number of hydrogen-bond donors (Lipinski definition) is 2. The number of rotatable bonds is 7. The second kappa shape index (κ2) is 6.51. The molecule has 1 aliphatic carbocycles. The Kier molecular flexibility index (Phi) is 5.13. The molecule has 0 saturated heterocycles. The molecule has 0 aromatic heterocycles. The Bertz CT molecular complexity index is 617. The first kappa shape index (κ1) is 16.5. The first-order chi connectivity index (χ1) is 9.85. The third-order valence-electron chi connectivity index (χ3n) is 3.50. The zero-order valence-electron chi connectivity index (χ0n) is 12.1. The van der Waals surface area contributed by atoms with Gasteiger partial charge in [0.2, 0.25) is 10.0 Å². The minimum Gasteiger partial charge on any atom is -0.495 e. The minimum atomic E-state index is -3.65. The molecule has 0 bridgehead atoms. The average Bonchev–Trinajstić information content (AvgIpc) is 3.25. The number of nitrogens with zero attached hydrogens (tertiary/aromatic N) is 1. The van der Waals surface area contributed by atoms with Gasteiger partial charge in [0.1, 0.15) is 10.6 Å². The number of nitrogens with two attached hydrogens (primary N) is 1. The van der Waals surface area contributed by atoms with Crippen LogP contribution in [0.5, 0.6) is 5.75 Å². The molecule has 0 aliphatic heterocycles.